The lowest BCUT2D eigenvalue weighted by molar-refractivity contribution is 1.52. The topological polar surface area (TPSA) is 0 Å². The van der Waals surface area contributed by atoms with Crippen molar-refractivity contribution in [1.29, 1.82) is 0 Å². The van der Waals surface area contributed by atoms with E-state index in [1.54, 1.807) is 6.08 Å². The summed E-state index contributed by atoms with van der Waals surface area (Å²) < 4.78 is 0. The molecule has 0 rings (SSSR count). The molecule has 0 radical (unpaired) electrons. The average molecular weight is 177 g/mol. The Morgan fingerprint density at radius 3 is 2.60 bits per heavy atom. The molecule has 0 bridgehead atoms. The molecule has 0 amide bonds. The summed E-state index contributed by atoms with van der Waals surface area (Å²) in [5.41, 5.74) is 0.862. The van der Waals surface area contributed by atoms with Gasteiger partial charge in [0.1, 0.15) is 0 Å². The fourth-order valence-electron chi connectivity index (χ4n) is 0.346. The van der Waals surface area contributed by atoms with Crippen molar-refractivity contribution in [2.45, 2.75) is 6.92 Å². The Bertz CT molecular complexity index is 166. The van der Waals surface area contributed by atoms with Gasteiger partial charge in [0.15, 0.2) is 0 Å². The summed E-state index contributed by atoms with van der Waals surface area (Å²) in [7, 11) is 0. The molecule has 56 valence electrons. The van der Waals surface area contributed by atoms with E-state index in [1.165, 1.54) is 0 Å². The monoisotopic (exact) mass is 176 g/mol. The van der Waals surface area contributed by atoms with Gasteiger partial charge in [0.2, 0.25) is 0 Å². The summed E-state index contributed by atoms with van der Waals surface area (Å²) in [6, 6.07) is 0. The van der Waals surface area contributed by atoms with Gasteiger partial charge >= 0.3 is 0 Å². The normalized spacial score (nSPS) is 12.5. The first-order valence-electron chi connectivity index (χ1n) is 2.92. The summed E-state index contributed by atoms with van der Waals surface area (Å²) >= 11 is 11.1. The summed E-state index contributed by atoms with van der Waals surface area (Å²) in [6.45, 7) is 5.52. The van der Waals surface area contributed by atoms with E-state index in [9.17, 15) is 0 Å². The molecule has 0 aliphatic carbocycles. The molecule has 0 heterocycles. The van der Waals surface area contributed by atoms with Gasteiger partial charge in [-0.15, -0.1) is 11.6 Å². The second kappa shape index (κ2) is 5.57. The zero-order valence-corrected chi connectivity index (χ0v) is 7.41. The van der Waals surface area contributed by atoms with Crippen LogP contribution in [0.3, 0.4) is 0 Å². The third-order valence-electron chi connectivity index (χ3n) is 0.875. The molecule has 10 heavy (non-hydrogen) atoms. The molecule has 0 aromatic carbocycles. The van der Waals surface area contributed by atoms with Gasteiger partial charge in [0, 0.05) is 10.9 Å². The van der Waals surface area contributed by atoms with E-state index in [-0.39, 0.29) is 0 Å². The Hall–Kier alpha value is -0.200. The zero-order chi connectivity index (χ0) is 7.98. The first-order chi connectivity index (χ1) is 4.68. The highest BCUT2D eigenvalue weighted by Crippen LogP contribution is 2.10. The number of allylic oxidation sites excluding steroid dienone is 5. The average Bonchev–Trinajstić information content (AvgIpc) is 1.88. The largest absolute Gasteiger partial charge is 0.122 e. The van der Waals surface area contributed by atoms with Gasteiger partial charge in [-0.2, -0.15) is 0 Å². The predicted molar refractivity (Wildman–Crippen MR) is 48.6 cm³/mol. The van der Waals surface area contributed by atoms with Crippen molar-refractivity contribution in [3.63, 3.8) is 0 Å². The fraction of sp³-hybridized carbons (Fsp3) is 0.250. The van der Waals surface area contributed by atoms with Gasteiger partial charge in [-0.25, -0.2) is 0 Å². The lowest BCUT2D eigenvalue weighted by Crippen LogP contribution is -1.69. The molecule has 0 aliphatic heterocycles. The Labute approximate surface area is 71.8 Å². The SMILES string of the molecule is C=C(C)/C(Cl)=C\C=C/CCl. The quantitative estimate of drug-likeness (QED) is 0.457. The number of rotatable bonds is 3. The van der Waals surface area contributed by atoms with E-state index in [0.717, 1.165) is 5.57 Å². The molecule has 0 fully saturated rings. The smallest absolute Gasteiger partial charge is 0.0429 e. The number of hydrogen-bond donors (Lipinski definition) is 0. The number of halogens is 2. The van der Waals surface area contributed by atoms with Crippen LogP contribution < -0.4 is 0 Å². The summed E-state index contributed by atoms with van der Waals surface area (Å²) in [6.07, 6.45) is 5.39. The van der Waals surface area contributed by atoms with Gasteiger partial charge in [-0.1, -0.05) is 30.3 Å². The molecule has 0 saturated carbocycles. The summed E-state index contributed by atoms with van der Waals surface area (Å²) in [5.74, 6) is 0.511. The van der Waals surface area contributed by atoms with Gasteiger partial charge in [0.25, 0.3) is 0 Å². The molecule has 0 unspecified atom stereocenters. The van der Waals surface area contributed by atoms with Gasteiger partial charge in [0.05, 0.1) is 0 Å². The van der Waals surface area contributed by atoms with Crippen molar-refractivity contribution < 1.29 is 0 Å². The van der Waals surface area contributed by atoms with E-state index in [1.807, 2.05) is 19.1 Å². The van der Waals surface area contributed by atoms with Gasteiger partial charge < -0.3 is 0 Å². The lowest BCUT2D eigenvalue weighted by Gasteiger charge is -1.90. The minimum Gasteiger partial charge on any atom is -0.122 e. The summed E-state index contributed by atoms with van der Waals surface area (Å²) in [4.78, 5) is 0. The third kappa shape index (κ3) is 4.66. The van der Waals surface area contributed by atoms with Crippen molar-refractivity contribution in [1.82, 2.24) is 0 Å². The Balaban J connectivity index is 3.92. The van der Waals surface area contributed by atoms with Crippen LogP contribution in [0.2, 0.25) is 0 Å². The van der Waals surface area contributed by atoms with Crippen LogP contribution in [0.15, 0.2) is 35.4 Å². The van der Waals surface area contributed by atoms with Gasteiger partial charge in [-0.3, -0.25) is 0 Å². The molecule has 0 spiro atoms. The van der Waals surface area contributed by atoms with E-state index >= 15 is 0 Å². The Morgan fingerprint density at radius 1 is 1.60 bits per heavy atom. The first kappa shape index (κ1) is 9.80. The van der Waals surface area contributed by atoms with Crippen LogP contribution in [0.4, 0.5) is 0 Å². The first-order valence-corrected chi connectivity index (χ1v) is 3.84. The van der Waals surface area contributed by atoms with Gasteiger partial charge in [-0.05, 0) is 18.6 Å². The molecule has 0 N–H and O–H groups in total. The molecular weight excluding hydrogens is 167 g/mol. The number of hydrogen-bond acceptors (Lipinski definition) is 0. The van der Waals surface area contributed by atoms with E-state index in [0.29, 0.717) is 10.9 Å². The number of alkyl halides is 1. The van der Waals surface area contributed by atoms with Crippen molar-refractivity contribution >= 4 is 23.2 Å². The highest BCUT2D eigenvalue weighted by molar-refractivity contribution is 6.32. The van der Waals surface area contributed by atoms with Crippen LogP contribution in [-0.4, -0.2) is 5.88 Å². The second-order valence-corrected chi connectivity index (χ2v) is 2.59. The fourth-order valence-corrected chi connectivity index (χ4v) is 0.522. The molecule has 0 aliphatic rings. The molecule has 0 aromatic heterocycles. The van der Waals surface area contributed by atoms with Crippen molar-refractivity contribution in [2.24, 2.45) is 0 Å². The standard InChI is InChI=1S/C8H10Cl2/c1-7(2)8(10)5-3-4-6-9/h3-5H,1,6H2,2H3/b4-3-,8-5+. The Morgan fingerprint density at radius 2 is 2.20 bits per heavy atom. The molecule has 2 heteroatoms. The second-order valence-electron chi connectivity index (χ2n) is 1.88. The zero-order valence-electron chi connectivity index (χ0n) is 5.90. The Kier molecular flexibility index (Phi) is 5.46. The highest BCUT2D eigenvalue weighted by atomic mass is 35.5. The third-order valence-corrected chi connectivity index (χ3v) is 1.50. The molecule has 0 aromatic rings. The van der Waals surface area contributed by atoms with Crippen LogP contribution >= 0.6 is 23.2 Å². The predicted octanol–water partition coefficient (Wildman–Crippen LogP) is 3.48. The molecule has 0 saturated heterocycles. The molecular formula is C8H10Cl2. The lowest BCUT2D eigenvalue weighted by atomic mass is 10.3. The van der Waals surface area contributed by atoms with Crippen LogP contribution in [-0.2, 0) is 0 Å². The minimum atomic E-state index is 0.511. The van der Waals surface area contributed by atoms with Crippen molar-refractivity contribution in [3.05, 3.63) is 35.4 Å². The van der Waals surface area contributed by atoms with Crippen molar-refractivity contribution in [3.8, 4) is 0 Å². The van der Waals surface area contributed by atoms with Crippen LogP contribution in [0.1, 0.15) is 6.92 Å². The minimum absolute atomic E-state index is 0.511. The van der Waals surface area contributed by atoms with E-state index < -0.39 is 0 Å². The highest BCUT2D eigenvalue weighted by Gasteiger charge is 1.86. The summed E-state index contributed by atoms with van der Waals surface area (Å²) in [5, 5.41) is 0.668. The maximum absolute atomic E-state index is 5.72. The van der Waals surface area contributed by atoms with E-state index in [2.05, 4.69) is 6.58 Å². The van der Waals surface area contributed by atoms with Crippen LogP contribution in [0.5, 0.6) is 0 Å². The molecule has 0 atom stereocenters. The molecule has 0 nitrogen and oxygen atoms in total. The van der Waals surface area contributed by atoms with Crippen LogP contribution in [0.25, 0.3) is 0 Å². The van der Waals surface area contributed by atoms with Crippen molar-refractivity contribution in [2.75, 3.05) is 5.88 Å². The van der Waals surface area contributed by atoms with Crippen LogP contribution in [0, 0.1) is 0 Å². The van der Waals surface area contributed by atoms with E-state index in [4.69, 9.17) is 23.2 Å². The maximum atomic E-state index is 5.72. The maximum Gasteiger partial charge on any atom is 0.0429 e.